The first-order chi connectivity index (χ1) is 12.2. The van der Waals surface area contributed by atoms with E-state index in [1.165, 1.54) is 10.4 Å². The van der Waals surface area contributed by atoms with E-state index in [-0.39, 0.29) is 5.60 Å². The van der Waals surface area contributed by atoms with Gasteiger partial charge >= 0.3 is 0 Å². The average molecular weight is 358 g/mol. The minimum Gasteiger partial charge on any atom is -0.373 e. The number of likely N-dealkylation sites (N-methyl/N-ethyl adjacent to an activating group) is 1. The van der Waals surface area contributed by atoms with E-state index in [4.69, 9.17) is 4.74 Å². The van der Waals surface area contributed by atoms with Gasteiger partial charge in [-0.3, -0.25) is 14.8 Å². The van der Waals surface area contributed by atoms with Crippen LogP contribution in [0.2, 0.25) is 0 Å². The Morgan fingerprint density at radius 1 is 1.32 bits per heavy atom. The maximum absolute atomic E-state index is 6.36. The predicted molar refractivity (Wildman–Crippen MR) is 102 cm³/mol. The summed E-state index contributed by atoms with van der Waals surface area (Å²) >= 11 is 1.86. The standard InChI is InChI=1S/C20H27N3OS/c1-22(14-17-4-2-8-21-13-17)18-12-20(24-16-18)6-9-23(10-7-20)15-19-5-3-11-25-19/h2-5,8,11,13,18H,6-7,9-10,12,14-16H2,1H3. The van der Waals surface area contributed by atoms with Crippen LogP contribution in [0.25, 0.3) is 0 Å². The van der Waals surface area contributed by atoms with Gasteiger partial charge in [-0.15, -0.1) is 11.3 Å². The fraction of sp³-hybridized carbons (Fsp3) is 0.550. The molecule has 2 saturated heterocycles. The first-order valence-corrected chi connectivity index (χ1v) is 10.1. The third-order valence-electron chi connectivity index (χ3n) is 5.69. The molecule has 25 heavy (non-hydrogen) atoms. The number of hydrogen-bond donors (Lipinski definition) is 0. The Morgan fingerprint density at radius 3 is 2.92 bits per heavy atom. The van der Waals surface area contributed by atoms with Crippen LogP contribution in [0.15, 0.2) is 42.0 Å². The van der Waals surface area contributed by atoms with E-state index in [1.807, 2.05) is 29.8 Å². The van der Waals surface area contributed by atoms with Crippen molar-refractivity contribution in [2.45, 2.75) is 44.0 Å². The molecule has 2 aliphatic rings. The van der Waals surface area contributed by atoms with Crippen molar-refractivity contribution in [2.75, 3.05) is 26.7 Å². The minimum absolute atomic E-state index is 0.111. The second-order valence-corrected chi connectivity index (χ2v) is 8.52. The normalized spacial score (nSPS) is 23.5. The fourth-order valence-corrected chi connectivity index (χ4v) is 4.85. The third kappa shape index (κ3) is 4.11. The quantitative estimate of drug-likeness (QED) is 0.820. The van der Waals surface area contributed by atoms with Crippen LogP contribution >= 0.6 is 11.3 Å². The van der Waals surface area contributed by atoms with Crippen molar-refractivity contribution in [1.29, 1.82) is 0 Å². The molecular formula is C20H27N3OS. The molecule has 1 spiro atoms. The topological polar surface area (TPSA) is 28.6 Å². The van der Waals surface area contributed by atoms with Gasteiger partial charge in [0, 0.05) is 49.5 Å². The molecule has 0 radical (unpaired) electrons. The zero-order valence-corrected chi connectivity index (χ0v) is 15.8. The Hall–Kier alpha value is -1.27. The monoisotopic (exact) mass is 357 g/mol. The Labute approximate surface area is 154 Å². The van der Waals surface area contributed by atoms with Gasteiger partial charge in [0.1, 0.15) is 0 Å². The van der Waals surface area contributed by atoms with Gasteiger partial charge in [-0.05, 0) is 49.4 Å². The van der Waals surface area contributed by atoms with E-state index in [1.54, 1.807) is 0 Å². The van der Waals surface area contributed by atoms with Gasteiger partial charge in [0.05, 0.1) is 12.2 Å². The van der Waals surface area contributed by atoms with E-state index in [9.17, 15) is 0 Å². The zero-order chi connectivity index (χ0) is 17.1. The molecule has 134 valence electrons. The summed E-state index contributed by atoms with van der Waals surface area (Å²) in [6.07, 6.45) is 7.29. The molecule has 2 fully saturated rings. The highest BCUT2D eigenvalue weighted by atomic mass is 32.1. The number of nitrogens with zero attached hydrogens (tertiary/aromatic N) is 3. The highest BCUT2D eigenvalue weighted by molar-refractivity contribution is 7.09. The lowest BCUT2D eigenvalue weighted by molar-refractivity contribution is -0.0451. The molecule has 0 aliphatic carbocycles. The molecule has 4 rings (SSSR count). The molecule has 0 bridgehead atoms. The molecule has 0 N–H and O–H groups in total. The number of rotatable bonds is 5. The molecule has 0 amide bonds. The Balaban J connectivity index is 1.28. The lowest BCUT2D eigenvalue weighted by atomic mass is 9.87. The number of hydrogen-bond acceptors (Lipinski definition) is 5. The summed E-state index contributed by atoms with van der Waals surface area (Å²) in [6.45, 7) is 5.20. The van der Waals surface area contributed by atoms with E-state index in [0.717, 1.165) is 52.0 Å². The van der Waals surface area contributed by atoms with E-state index in [2.05, 4.69) is 45.4 Å². The van der Waals surface area contributed by atoms with Crippen molar-refractivity contribution < 1.29 is 4.74 Å². The van der Waals surface area contributed by atoms with Crippen molar-refractivity contribution in [2.24, 2.45) is 0 Å². The molecular weight excluding hydrogens is 330 g/mol. The molecule has 4 heterocycles. The Bertz CT molecular complexity index is 653. The van der Waals surface area contributed by atoms with Crippen LogP contribution in [-0.4, -0.2) is 53.2 Å². The average Bonchev–Trinajstić information content (AvgIpc) is 3.29. The molecule has 2 aliphatic heterocycles. The van der Waals surface area contributed by atoms with Crippen molar-refractivity contribution in [1.82, 2.24) is 14.8 Å². The fourth-order valence-electron chi connectivity index (χ4n) is 4.10. The third-order valence-corrected chi connectivity index (χ3v) is 6.56. The van der Waals surface area contributed by atoms with Crippen molar-refractivity contribution in [3.05, 3.63) is 52.5 Å². The van der Waals surface area contributed by atoms with Gasteiger partial charge in [0.2, 0.25) is 0 Å². The molecule has 1 atom stereocenters. The zero-order valence-electron chi connectivity index (χ0n) is 14.9. The maximum Gasteiger partial charge on any atom is 0.0723 e. The molecule has 5 heteroatoms. The number of piperidine rings is 1. The van der Waals surface area contributed by atoms with Gasteiger partial charge in [-0.2, -0.15) is 0 Å². The SMILES string of the molecule is CN(Cc1cccnc1)C1COC2(CCN(Cc3cccs3)CC2)C1. The van der Waals surface area contributed by atoms with Crippen LogP contribution in [0.5, 0.6) is 0 Å². The predicted octanol–water partition coefficient (Wildman–Crippen LogP) is 3.40. The molecule has 2 aromatic heterocycles. The summed E-state index contributed by atoms with van der Waals surface area (Å²) in [5, 5.41) is 2.17. The Kier molecular flexibility index (Phi) is 5.17. The first kappa shape index (κ1) is 17.2. The highest BCUT2D eigenvalue weighted by Gasteiger charge is 2.43. The number of ether oxygens (including phenoxy) is 1. The highest BCUT2D eigenvalue weighted by Crippen LogP contribution is 2.38. The largest absolute Gasteiger partial charge is 0.373 e. The van der Waals surface area contributed by atoms with Crippen LogP contribution < -0.4 is 0 Å². The van der Waals surface area contributed by atoms with Crippen molar-refractivity contribution in [3.8, 4) is 0 Å². The van der Waals surface area contributed by atoms with Gasteiger partial charge in [-0.25, -0.2) is 0 Å². The van der Waals surface area contributed by atoms with Gasteiger partial charge in [0.25, 0.3) is 0 Å². The summed E-state index contributed by atoms with van der Waals surface area (Å²) < 4.78 is 6.36. The summed E-state index contributed by atoms with van der Waals surface area (Å²) in [5.41, 5.74) is 1.39. The lowest BCUT2D eigenvalue weighted by Gasteiger charge is -2.38. The second-order valence-electron chi connectivity index (χ2n) is 7.48. The molecule has 0 aromatic carbocycles. The van der Waals surface area contributed by atoms with Crippen LogP contribution in [0, 0.1) is 0 Å². The molecule has 0 saturated carbocycles. The second kappa shape index (κ2) is 7.54. The van der Waals surface area contributed by atoms with E-state index in [0.29, 0.717) is 6.04 Å². The number of thiophene rings is 1. The maximum atomic E-state index is 6.36. The van der Waals surface area contributed by atoms with Gasteiger partial charge in [-0.1, -0.05) is 12.1 Å². The summed E-state index contributed by atoms with van der Waals surface area (Å²) in [4.78, 5) is 10.7. The molecule has 2 aromatic rings. The number of aromatic nitrogens is 1. The van der Waals surface area contributed by atoms with Crippen LogP contribution in [-0.2, 0) is 17.8 Å². The van der Waals surface area contributed by atoms with Crippen molar-refractivity contribution >= 4 is 11.3 Å². The van der Waals surface area contributed by atoms with E-state index < -0.39 is 0 Å². The summed E-state index contributed by atoms with van der Waals surface area (Å²) in [6, 6.07) is 9.07. The minimum atomic E-state index is 0.111. The van der Waals surface area contributed by atoms with Crippen LogP contribution in [0.4, 0.5) is 0 Å². The van der Waals surface area contributed by atoms with Gasteiger partial charge < -0.3 is 4.74 Å². The first-order valence-electron chi connectivity index (χ1n) is 9.20. The van der Waals surface area contributed by atoms with Crippen molar-refractivity contribution in [3.63, 3.8) is 0 Å². The summed E-state index contributed by atoms with van der Waals surface area (Å²) in [5.74, 6) is 0. The molecule has 4 nitrogen and oxygen atoms in total. The van der Waals surface area contributed by atoms with Gasteiger partial charge in [0.15, 0.2) is 0 Å². The Morgan fingerprint density at radius 2 is 2.20 bits per heavy atom. The van der Waals surface area contributed by atoms with E-state index >= 15 is 0 Å². The van der Waals surface area contributed by atoms with Crippen LogP contribution in [0.3, 0.4) is 0 Å². The lowest BCUT2D eigenvalue weighted by Crippen LogP contribution is -2.44. The summed E-state index contributed by atoms with van der Waals surface area (Å²) in [7, 11) is 2.21. The van der Waals surface area contributed by atoms with Crippen LogP contribution in [0.1, 0.15) is 29.7 Å². The smallest absolute Gasteiger partial charge is 0.0723 e. The molecule has 1 unspecified atom stereocenters. The number of likely N-dealkylation sites (tertiary alicyclic amines) is 1. The number of pyridine rings is 1.